The van der Waals surface area contributed by atoms with Crippen molar-refractivity contribution in [1.29, 1.82) is 0 Å². The number of nitrogens with zero attached hydrogens (tertiary/aromatic N) is 1. The van der Waals surface area contributed by atoms with Crippen LogP contribution in [0.5, 0.6) is 17.2 Å². The van der Waals surface area contributed by atoms with Gasteiger partial charge in [-0.05, 0) is 86.2 Å². The van der Waals surface area contributed by atoms with Gasteiger partial charge in [0.1, 0.15) is 17.1 Å². The van der Waals surface area contributed by atoms with E-state index in [4.69, 9.17) is 14.2 Å². The first-order valence-electron chi connectivity index (χ1n) is 12.4. The Morgan fingerprint density at radius 1 is 0.900 bits per heavy atom. The molecule has 0 radical (unpaired) electrons. The van der Waals surface area contributed by atoms with Crippen LogP contribution in [0.15, 0.2) is 72.3 Å². The summed E-state index contributed by atoms with van der Waals surface area (Å²) in [7, 11) is 0. The molecule has 1 aliphatic rings. The molecule has 3 aromatic rings. The van der Waals surface area contributed by atoms with Crippen molar-refractivity contribution >= 4 is 41.2 Å². The standard InChI is InChI=1S/C29H26FN3O7/c1-3-38-22-12-10-21(11-13-22)33-28(36)23(27(35)32-29(33)37)15-18-5-14-24(25(16-18)39-4-2)40-17-26(34)31-20-8-6-19(30)7-9-20/h5-16H,3-4,17H2,1-2H3,(H,31,34)(H,32,35,37)/b23-15+. The quantitative estimate of drug-likeness (QED) is 0.286. The fourth-order valence-electron chi connectivity index (χ4n) is 3.79. The van der Waals surface area contributed by atoms with Crippen molar-refractivity contribution in [2.75, 3.05) is 30.0 Å². The highest BCUT2D eigenvalue weighted by molar-refractivity contribution is 6.39. The first-order chi connectivity index (χ1) is 19.3. The molecule has 0 bridgehead atoms. The van der Waals surface area contributed by atoms with Gasteiger partial charge in [-0.1, -0.05) is 6.07 Å². The first kappa shape index (κ1) is 27.8. The molecule has 1 heterocycles. The summed E-state index contributed by atoms with van der Waals surface area (Å²) < 4.78 is 29.7. The zero-order valence-corrected chi connectivity index (χ0v) is 21.7. The maximum absolute atomic E-state index is 13.2. The van der Waals surface area contributed by atoms with Crippen LogP contribution < -0.4 is 29.7 Å². The lowest BCUT2D eigenvalue weighted by Gasteiger charge is -2.26. The molecule has 40 heavy (non-hydrogen) atoms. The molecule has 1 aliphatic heterocycles. The predicted molar refractivity (Wildman–Crippen MR) is 145 cm³/mol. The normalized spacial score (nSPS) is 14.1. The Morgan fingerprint density at radius 3 is 2.27 bits per heavy atom. The van der Waals surface area contributed by atoms with Crippen molar-refractivity contribution in [3.05, 3.63) is 83.7 Å². The van der Waals surface area contributed by atoms with Gasteiger partial charge in [-0.15, -0.1) is 0 Å². The van der Waals surface area contributed by atoms with Crippen LogP contribution in [0.3, 0.4) is 0 Å². The highest BCUT2D eigenvalue weighted by Crippen LogP contribution is 2.30. The smallest absolute Gasteiger partial charge is 0.335 e. The van der Waals surface area contributed by atoms with Crippen molar-refractivity contribution in [3.63, 3.8) is 0 Å². The highest BCUT2D eigenvalue weighted by Gasteiger charge is 2.36. The summed E-state index contributed by atoms with van der Waals surface area (Å²) in [6.45, 7) is 3.98. The number of hydrogen-bond acceptors (Lipinski definition) is 7. The summed E-state index contributed by atoms with van der Waals surface area (Å²) in [6, 6.07) is 15.4. The van der Waals surface area contributed by atoms with Crippen molar-refractivity contribution < 1.29 is 37.8 Å². The lowest BCUT2D eigenvalue weighted by molar-refractivity contribution is -0.122. The van der Waals surface area contributed by atoms with Gasteiger partial charge in [0.25, 0.3) is 17.7 Å². The molecule has 11 heteroatoms. The second-order valence-corrected chi connectivity index (χ2v) is 8.37. The van der Waals surface area contributed by atoms with Gasteiger partial charge in [0.05, 0.1) is 18.9 Å². The number of nitrogens with one attached hydrogen (secondary N) is 2. The number of hydrogen-bond donors (Lipinski definition) is 2. The van der Waals surface area contributed by atoms with Crippen LogP contribution in [0.25, 0.3) is 6.08 Å². The Balaban J connectivity index is 1.51. The zero-order valence-electron chi connectivity index (χ0n) is 21.7. The van der Waals surface area contributed by atoms with Gasteiger partial charge >= 0.3 is 6.03 Å². The van der Waals surface area contributed by atoms with Crippen molar-refractivity contribution in [3.8, 4) is 17.2 Å². The Kier molecular flexibility index (Phi) is 8.75. The average Bonchev–Trinajstić information content (AvgIpc) is 2.93. The van der Waals surface area contributed by atoms with E-state index in [0.717, 1.165) is 4.90 Å². The van der Waals surface area contributed by atoms with Crippen molar-refractivity contribution in [2.45, 2.75) is 13.8 Å². The molecule has 3 aromatic carbocycles. The van der Waals surface area contributed by atoms with E-state index in [-0.39, 0.29) is 36.0 Å². The third kappa shape index (κ3) is 6.62. The molecule has 0 atom stereocenters. The van der Waals surface area contributed by atoms with Gasteiger partial charge in [-0.2, -0.15) is 0 Å². The molecule has 1 fully saturated rings. The number of barbiturate groups is 1. The fraction of sp³-hybridized carbons (Fsp3) is 0.172. The lowest BCUT2D eigenvalue weighted by Crippen LogP contribution is -2.54. The number of benzene rings is 3. The Bertz CT molecular complexity index is 1450. The second-order valence-electron chi connectivity index (χ2n) is 8.37. The lowest BCUT2D eigenvalue weighted by atomic mass is 10.1. The molecule has 0 spiro atoms. The van der Waals surface area contributed by atoms with Crippen LogP contribution in [0.4, 0.5) is 20.6 Å². The first-order valence-corrected chi connectivity index (χ1v) is 12.4. The van der Waals surface area contributed by atoms with Crippen LogP contribution in [0.2, 0.25) is 0 Å². The van der Waals surface area contributed by atoms with E-state index in [1.165, 1.54) is 36.4 Å². The Labute approximate surface area is 229 Å². The monoisotopic (exact) mass is 547 g/mol. The van der Waals surface area contributed by atoms with Crippen molar-refractivity contribution in [1.82, 2.24) is 5.32 Å². The van der Waals surface area contributed by atoms with Crippen molar-refractivity contribution in [2.24, 2.45) is 0 Å². The fourth-order valence-corrected chi connectivity index (χ4v) is 3.79. The summed E-state index contributed by atoms with van der Waals surface area (Å²) in [5, 5.41) is 4.78. The van der Waals surface area contributed by atoms with Gasteiger partial charge in [-0.3, -0.25) is 19.7 Å². The predicted octanol–water partition coefficient (Wildman–Crippen LogP) is 4.31. The molecular formula is C29H26FN3O7. The molecule has 1 saturated heterocycles. The molecule has 206 valence electrons. The minimum absolute atomic E-state index is 0.254. The summed E-state index contributed by atoms with van der Waals surface area (Å²) in [6.07, 6.45) is 1.33. The van der Waals surface area contributed by atoms with E-state index in [1.54, 1.807) is 43.3 Å². The van der Waals surface area contributed by atoms with Crippen LogP contribution >= 0.6 is 0 Å². The summed E-state index contributed by atoms with van der Waals surface area (Å²) in [5.74, 6) is -1.43. The van der Waals surface area contributed by atoms with E-state index in [0.29, 0.717) is 23.6 Å². The largest absolute Gasteiger partial charge is 0.494 e. The average molecular weight is 548 g/mol. The number of carbonyl (C=O) groups excluding carboxylic acids is 4. The molecule has 2 N–H and O–H groups in total. The number of halogens is 1. The zero-order chi connectivity index (χ0) is 28.6. The number of ether oxygens (including phenoxy) is 3. The molecule has 5 amide bonds. The van der Waals surface area contributed by atoms with Gasteiger partial charge in [0.2, 0.25) is 0 Å². The molecule has 0 aromatic heterocycles. The minimum atomic E-state index is -0.867. The van der Waals surface area contributed by atoms with Gasteiger partial charge in [-0.25, -0.2) is 14.1 Å². The van der Waals surface area contributed by atoms with E-state index in [9.17, 15) is 23.6 Å². The minimum Gasteiger partial charge on any atom is -0.494 e. The van der Waals surface area contributed by atoms with E-state index >= 15 is 0 Å². The number of rotatable bonds is 10. The van der Waals surface area contributed by atoms with Crippen LogP contribution in [-0.4, -0.2) is 43.6 Å². The van der Waals surface area contributed by atoms with Crippen LogP contribution in [-0.2, 0) is 14.4 Å². The van der Waals surface area contributed by atoms with Crippen LogP contribution in [0, 0.1) is 5.82 Å². The van der Waals surface area contributed by atoms with Gasteiger partial charge in [0.15, 0.2) is 18.1 Å². The molecule has 0 aliphatic carbocycles. The second kappa shape index (κ2) is 12.6. The third-order valence-electron chi connectivity index (χ3n) is 5.57. The van der Waals surface area contributed by atoms with E-state index in [2.05, 4.69) is 10.6 Å². The topological polar surface area (TPSA) is 123 Å². The summed E-state index contributed by atoms with van der Waals surface area (Å²) in [5.41, 5.74) is 0.839. The van der Waals surface area contributed by atoms with Gasteiger partial charge < -0.3 is 19.5 Å². The molecule has 0 unspecified atom stereocenters. The molecule has 0 saturated carbocycles. The Morgan fingerprint density at radius 2 is 1.60 bits per heavy atom. The highest BCUT2D eigenvalue weighted by atomic mass is 19.1. The van der Waals surface area contributed by atoms with E-state index in [1.807, 2.05) is 6.92 Å². The molecule has 10 nitrogen and oxygen atoms in total. The number of anilines is 2. The SMILES string of the molecule is CCOc1ccc(N2C(=O)NC(=O)/C(=C\c3ccc(OCC(=O)Nc4ccc(F)cc4)c(OCC)c3)C2=O)cc1. The van der Waals surface area contributed by atoms with Crippen LogP contribution in [0.1, 0.15) is 19.4 Å². The number of carbonyl (C=O) groups is 4. The summed E-state index contributed by atoms with van der Waals surface area (Å²) in [4.78, 5) is 51.4. The maximum Gasteiger partial charge on any atom is 0.335 e. The van der Waals surface area contributed by atoms with E-state index < -0.39 is 29.6 Å². The molecular weight excluding hydrogens is 521 g/mol. The number of imide groups is 2. The number of urea groups is 1. The Hall–Kier alpha value is -5.19. The van der Waals surface area contributed by atoms with Gasteiger partial charge in [0, 0.05) is 5.69 Å². The maximum atomic E-state index is 13.2. The number of amides is 5. The summed E-state index contributed by atoms with van der Waals surface area (Å²) >= 11 is 0. The molecule has 4 rings (SSSR count). The third-order valence-corrected chi connectivity index (χ3v) is 5.57.